The molecule has 0 saturated heterocycles. The monoisotopic (exact) mass is 406 g/mol. The van der Waals surface area contributed by atoms with E-state index in [1.165, 1.54) is 0 Å². The van der Waals surface area contributed by atoms with E-state index in [4.69, 9.17) is 14.2 Å². The maximum atomic E-state index is 12.7. The van der Waals surface area contributed by atoms with Gasteiger partial charge in [0.25, 0.3) is 5.91 Å². The number of hydrazone groups is 1. The fraction of sp³-hybridized carbons (Fsp3) is 0.250. The van der Waals surface area contributed by atoms with Crippen LogP contribution in [0.3, 0.4) is 0 Å². The molecule has 3 aromatic rings. The summed E-state index contributed by atoms with van der Waals surface area (Å²) in [6.45, 7) is 6.97. The number of hydrogen-bond donors (Lipinski definition) is 1. The molecule has 0 aliphatic heterocycles. The second kappa shape index (κ2) is 10.3. The average Bonchev–Trinajstić information content (AvgIpc) is 2.76. The maximum absolute atomic E-state index is 12.7. The molecule has 0 heterocycles. The van der Waals surface area contributed by atoms with Crippen molar-refractivity contribution >= 4 is 22.9 Å². The zero-order chi connectivity index (χ0) is 21.3. The largest absolute Gasteiger partial charge is 0.490 e. The Bertz CT molecular complexity index is 1010. The number of carbonyl (C=O) groups excluding carboxylic acids is 1. The zero-order valence-corrected chi connectivity index (χ0v) is 17.5. The standard InChI is InChI=1S/C24H26N2O4/c1-4-28-21-14-19(15-22(29-5-2)23(21)30-6-3)24(27)26-25-16-18-12-9-11-17-10-7-8-13-20(17)18/h7-16H,4-6H2,1-3H3,(H,26,27)/b25-16+. The van der Waals surface area contributed by atoms with Crippen LogP contribution in [0, 0.1) is 0 Å². The first-order valence-electron chi connectivity index (χ1n) is 10.1. The second-order valence-electron chi connectivity index (χ2n) is 6.37. The fourth-order valence-corrected chi connectivity index (χ4v) is 3.11. The molecular formula is C24H26N2O4. The molecule has 3 aromatic carbocycles. The number of nitrogens with one attached hydrogen (secondary N) is 1. The van der Waals surface area contributed by atoms with Crippen LogP contribution >= 0.6 is 0 Å². The smallest absolute Gasteiger partial charge is 0.271 e. The molecule has 0 spiro atoms. The van der Waals surface area contributed by atoms with Crippen molar-refractivity contribution in [2.45, 2.75) is 20.8 Å². The van der Waals surface area contributed by atoms with E-state index < -0.39 is 0 Å². The van der Waals surface area contributed by atoms with E-state index in [0.29, 0.717) is 42.6 Å². The van der Waals surface area contributed by atoms with Gasteiger partial charge in [-0.1, -0.05) is 42.5 Å². The highest BCUT2D eigenvalue weighted by molar-refractivity contribution is 6.01. The lowest BCUT2D eigenvalue weighted by Gasteiger charge is -2.16. The van der Waals surface area contributed by atoms with Gasteiger partial charge in [-0.15, -0.1) is 0 Å². The second-order valence-corrected chi connectivity index (χ2v) is 6.37. The summed E-state index contributed by atoms with van der Waals surface area (Å²) in [6.07, 6.45) is 1.64. The van der Waals surface area contributed by atoms with Gasteiger partial charge < -0.3 is 14.2 Å². The van der Waals surface area contributed by atoms with Gasteiger partial charge >= 0.3 is 0 Å². The predicted molar refractivity (Wildman–Crippen MR) is 119 cm³/mol. The molecule has 156 valence electrons. The first kappa shape index (κ1) is 21.2. The van der Waals surface area contributed by atoms with E-state index >= 15 is 0 Å². The van der Waals surface area contributed by atoms with E-state index in [-0.39, 0.29) is 5.91 Å². The predicted octanol–water partition coefficient (Wildman–Crippen LogP) is 4.80. The summed E-state index contributed by atoms with van der Waals surface area (Å²) >= 11 is 0. The van der Waals surface area contributed by atoms with Gasteiger partial charge in [0.15, 0.2) is 11.5 Å². The van der Waals surface area contributed by atoms with Crippen LogP contribution in [0.4, 0.5) is 0 Å². The van der Waals surface area contributed by atoms with E-state index in [2.05, 4.69) is 10.5 Å². The Labute approximate surface area is 176 Å². The normalized spacial score (nSPS) is 10.9. The van der Waals surface area contributed by atoms with Crippen molar-refractivity contribution in [1.82, 2.24) is 5.43 Å². The van der Waals surface area contributed by atoms with Gasteiger partial charge in [0.1, 0.15) is 0 Å². The Balaban J connectivity index is 1.84. The molecule has 0 radical (unpaired) electrons. The van der Waals surface area contributed by atoms with Crippen LogP contribution in [0.2, 0.25) is 0 Å². The molecule has 0 aromatic heterocycles. The highest BCUT2D eigenvalue weighted by Gasteiger charge is 2.18. The van der Waals surface area contributed by atoms with Gasteiger partial charge in [-0.05, 0) is 43.7 Å². The fourth-order valence-electron chi connectivity index (χ4n) is 3.11. The maximum Gasteiger partial charge on any atom is 0.271 e. The Morgan fingerprint density at radius 2 is 1.53 bits per heavy atom. The molecular weight excluding hydrogens is 380 g/mol. The third kappa shape index (κ3) is 4.89. The molecule has 6 heteroatoms. The SMILES string of the molecule is CCOc1cc(C(=O)N/N=C/c2cccc3ccccc23)cc(OCC)c1OCC. The summed E-state index contributed by atoms with van der Waals surface area (Å²) in [5.41, 5.74) is 3.88. The summed E-state index contributed by atoms with van der Waals surface area (Å²) in [7, 11) is 0. The summed E-state index contributed by atoms with van der Waals surface area (Å²) in [4.78, 5) is 12.7. The Morgan fingerprint density at radius 3 is 2.20 bits per heavy atom. The molecule has 1 amide bonds. The number of amides is 1. The minimum atomic E-state index is -0.364. The van der Waals surface area contributed by atoms with Gasteiger partial charge in [-0.3, -0.25) is 4.79 Å². The first-order chi connectivity index (χ1) is 14.7. The first-order valence-corrected chi connectivity index (χ1v) is 10.1. The van der Waals surface area contributed by atoms with Crippen molar-refractivity contribution in [3.8, 4) is 17.2 Å². The number of nitrogens with zero attached hydrogens (tertiary/aromatic N) is 1. The van der Waals surface area contributed by atoms with Crippen LogP contribution in [-0.4, -0.2) is 31.9 Å². The topological polar surface area (TPSA) is 69.2 Å². The molecule has 0 unspecified atom stereocenters. The third-order valence-corrected chi connectivity index (χ3v) is 4.36. The third-order valence-electron chi connectivity index (χ3n) is 4.36. The zero-order valence-electron chi connectivity index (χ0n) is 17.5. The number of hydrogen-bond acceptors (Lipinski definition) is 5. The van der Waals surface area contributed by atoms with Crippen LogP contribution in [0.5, 0.6) is 17.2 Å². The Morgan fingerprint density at radius 1 is 0.900 bits per heavy atom. The molecule has 0 aliphatic carbocycles. The summed E-state index contributed by atoms with van der Waals surface area (Å²) < 4.78 is 17.0. The van der Waals surface area contributed by atoms with E-state index in [0.717, 1.165) is 16.3 Å². The van der Waals surface area contributed by atoms with Crippen molar-refractivity contribution in [2.75, 3.05) is 19.8 Å². The minimum absolute atomic E-state index is 0.364. The van der Waals surface area contributed by atoms with Crippen LogP contribution in [-0.2, 0) is 0 Å². The molecule has 3 rings (SSSR count). The van der Waals surface area contributed by atoms with Gasteiger partial charge in [0.2, 0.25) is 5.75 Å². The molecule has 1 N–H and O–H groups in total. The van der Waals surface area contributed by atoms with E-state index in [1.54, 1.807) is 18.3 Å². The van der Waals surface area contributed by atoms with Crippen LogP contribution in [0.1, 0.15) is 36.7 Å². The van der Waals surface area contributed by atoms with Crippen molar-refractivity contribution in [1.29, 1.82) is 0 Å². The number of ether oxygens (including phenoxy) is 3. The van der Waals surface area contributed by atoms with Crippen molar-refractivity contribution in [3.05, 3.63) is 65.7 Å². The lowest BCUT2D eigenvalue weighted by atomic mass is 10.1. The number of carbonyl (C=O) groups is 1. The van der Waals surface area contributed by atoms with Gasteiger partial charge in [0, 0.05) is 11.1 Å². The van der Waals surface area contributed by atoms with Crippen molar-refractivity contribution in [2.24, 2.45) is 5.10 Å². The van der Waals surface area contributed by atoms with Crippen molar-refractivity contribution < 1.29 is 19.0 Å². The molecule has 0 saturated carbocycles. The molecule has 6 nitrogen and oxygen atoms in total. The van der Waals surface area contributed by atoms with Gasteiger partial charge in [0.05, 0.1) is 26.0 Å². The van der Waals surface area contributed by atoms with Crippen LogP contribution in [0.25, 0.3) is 10.8 Å². The highest BCUT2D eigenvalue weighted by atomic mass is 16.5. The molecule has 0 bridgehead atoms. The van der Waals surface area contributed by atoms with Crippen LogP contribution in [0.15, 0.2) is 59.7 Å². The van der Waals surface area contributed by atoms with Gasteiger partial charge in [-0.25, -0.2) is 5.43 Å². The van der Waals surface area contributed by atoms with Crippen LogP contribution < -0.4 is 19.6 Å². The van der Waals surface area contributed by atoms with E-state index in [9.17, 15) is 4.79 Å². The van der Waals surface area contributed by atoms with Gasteiger partial charge in [-0.2, -0.15) is 5.10 Å². The minimum Gasteiger partial charge on any atom is -0.490 e. The lowest BCUT2D eigenvalue weighted by molar-refractivity contribution is 0.0954. The number of benzene rings is 3. The summed E-state index contributed by atoms with van der Waals surface area (Å²) in [5, 5.41) is 6.32. The summed E-state index contributed by atoms with van der Waals surface area (Å²) in [5.74, 6) is 1.07. The van der Waals surface area contributed by atoms with Crippen molar-refractivity contribution in [3.63, 3.8) is 0 Å². The summed E-state index contributed by atoms with van der Waals surface area (Å²) in [6, 6.07) is 17.3. The average molecular weight is 406 g/mol. The Kier molecular flexibility index (Phi) is 7.27. The highest BCUT2D eigenvalue weighted by Crippen LogP contribution is 2.39. The quantitative estimate of drug-likeness (QED) is 0.409. The molecule has 0 fully saturated rings. The molecule has 0 aliphatic rings. The molecule has 0 atom stereocenters. The number of rotatable bonds is 9. The van der Waals surface area contributed by atoms with E-state index in [1.807, 2.05) is 63.2 Å². The lowest BCUT2D eigenvalue weighted by Crippen LogP contribution is -2.18. The molecule has 30 heavy (non-hydrogen) atoms. The number of fused-ring (bicyclic) bond motifs is 1. The Hall–Kier alpha value is -3.54.